The first-order chi connectivity index (χ1) is 13.0. The highest BCUT2D eigenvalue weighted by Gasteiger charge is 2.34. The molecule has 2 aromatic carbocycles. The number of carbonyl (C=O) groups excluding carboxylic acids is 2. The van der Waals surface area contributed by atoms with E-state index in [9.17, 15) is 9.59 Å². The molecule has 2 aromatic rings. The number of nitrogens with zero attached hydrogens (tertiary/aromatic N) is 2. The Labute approximate surface area is 161 Å². The number of aryl methyl sites for hydroxylation is 1. The largest absolute Gasteiger partial charge is 0.378 e. The standard InChI is InChI=1S/C22H27N3O2/c1-4-16-5-11-20(12-6-16)25-15-18(13-21(25)26)22(27)23-14-17-7-9-19(10-8-17)24(2)3/h5-12,18H,4,13-15H2,1-3H3,(H,23,27). The first-order valence-electron chi connectivity index (χ1n) is 9.41. The molecule has 1 saturated heterocycles. The van der Waals surface area contributed by atoms with Gasteiger partial charge in [-0.1, -0.05) is 31.2 Å². The minimum atomic E-state index is -0.301. The van der Waals surface area contributed by atoms with Gasteiger partial charge in [0.25, 0.3) is 0 Å². The molecule has 5 heteroatoms. The van der Waals surface area contributed by atoms with E-state index in [0.29, 0.717) is 13.1 Å². The van der Waals surface area contributed by atoms with Gasteiger partial charge < -0.3 is 15.1 Å². The minimum Gasteiger partial charge on any atom is -0.378 e. The van der Waals surface area contributed by atoms with Gasteiger partial charge in [-0.15, -0.1) is 0 Å². The van der Waals surface area contributed by atoms with Gasteiger partial charge in [0.1, 0.15) is 0 Å². The van der Waals surface area contributed by atoms with E-state index in [1.165, 1.54) is 5.56 Å². The third-order valence-corrected chi connectivity index (χ3v) is 5.07. The number of nitrogens with one attached hydrogen (secondary N) is 1. The molecule has 1 N–H and O–H groups in total. The van der Waals surface area contributed by atoms with Gasteiger partial charge in [-0.3, -0.25) is 9.59 Å². The second-order valence-corrected chi connectivity index (χ2v) is 7.20. The lowest BCUT2D eigenvalue weighted by molar-refractivity contribution is -0.126. The molecule has 0 aromatic heterocycles. The summed E-state index contributed by atoms with van der Waals surface area (Å²) >= 11 is 0. The van der Waals surface area contributed by atoms with Crippen LogP contribution in [0.4, 0.5) is 11.4 Å². The zero-order valence-electron chi connectivity index (χ0n) is 16.2. The average molecular weight is 365 g/mol. The maximum absolute atomic E-state index is 12.5. The van der Waals surface area contributed by atoms with E-state index < -0.39 is 0 Å². The van der Waals surface area contributed by atoms with Crippen molar-refractivity contribution < 1.29 is 9.59 Å². The van der Waals surface area contributed by atoms with Crippen LogP contribution in [0.3, 0.4) is 0 Å². The van der Waals surface area contributed by atoms with Gasteiger partial charge in [-0.2, -0.15) is 0 Å². The molecule has 0 aliphatic carbocycles. The van der Waals surface area contributed by atoms with Gasteiger partial charge in [-0.05, 0) is 41.8 Å². The van der Waals surface area contributed by atoms with Crippen molar-refractivity contribution in [1.82, 2.24) is 5.32 Å². The van der Waals surface area contributed by atoms with Crippen LogP contribution in [0.2, 0.25) is 0 Å². The number of rotatable bonds is 6. The van der Waals surface area contributed by atoms with Crippen molar-refractivity contribution in [3.05, 3.63) is 59.7 Å². The Bertz CT molecular complexity index is 797. The van der Waals surface area contributed by atoms with Crippen molar-refractivity contribution in [3.8, 4) is 0 Å². The fraction of sp³-hybridized carbons (Fsp3) is 0.364. The van der Waals surface area contributed by atoms with E-state index in [-0.39, 0.29) is 24.2 Å². The number of benzene rings is 2. The summed E-state index contributed by atoms with van der Waals surface area (Å²) in [6.07, 6.45) is 1.23. The van der Waals surface area contributed by atoms with E-state index in [4.69, 9.17) is 0 Å². The third-order valence-electron chi connectivity index (χ3n) is 5.07. The average Bonchev–Trinajstić information content (AvgIpc) is 3.08. The van der Waals surface area contributed by atoms with Crippen LogP contribution in [0.15, 0.2) is 48.5 Å². The summed E-state index contributed by atoms with van der Waals surface area (Å²) in [5.74, 6) is -0.355. The van der Waals surface area contributed by atoms with E-state index in [0.717, 1.165) is 23.4 Å². The van der Waals surface area contributed by atoms with Crippen LogP contribution in [0.5, 0.6) is 0 Å². The van der Waals surface area contributed by atoms with Crippen molar-refractivity contribution in [1.29, 1.82) is 0 Å². The molecule has 1 heterocycles. The topological polar surface area (TPSA) is 52.7 Å². The summed E-state index contributed by atoms with van der Waals surface area (Å²) in [5, 5.41) is 2.97. The van der Waals surface area contributed by atoms with Gasteiger partial charge in [0.15, 0.2) is 0 Å². The molecule has 0 saturated carbocycles. The Balaban J connectivity index is 1.56. The van der Waals surface area contributed by atoms with Crippen LogP contribution < -0.4 is 15.1 Å². The van der Waals surface area contributed by atoms with Crippen molar-refractivity contribution in [2.24, 2.45) is 5.92 Å². The van der Waals surface area contributed by atoms with Crippen LogP contribution >= 0.6 is 0 Å². The molecule has 1 aliphatic rings. The number of anilines is 2. The van der Waals surface area contributed by atoms with Crippen molar-refractivity contribution in [2.45, 2.75) is 26.3 Å². The van der Waals surface area contributed by atoms with Gasteiger partial charge in [0, 0.05) is 45.0 Å². The molecular formula is C22H27N3O2. The van der Waals surface area contributed by atoms with E-state index in [2.05, 4.69) is 12.2 Å². The Kier molecular flexibility index (Phi) is 5.79. The third kappa shape index (κ3) is 4.48. The highest BCUT2D eigenvalue weighted by molar-refractivity contribution is 6.00. The van der Waals surface area contributed by atoms with E-state index in [1.54, 1.807) is 4.90 Å². The van der Waals surface area contributed by atoms with Crippen LogP contribution in [0.1, 0.15) is 24.5 Å². The quantitative estimate of drug-likeness (QED) is 0.856. The van der Waals surface area contributed by atoms with Crippen molar-refractivity contribution in [2.75, 3.05) is 30.4 Å². The van der Waals surface area contributed by atoms with Crippen LogP contribution in [-0.2, 0) is 22.6 Å². The smallest absolute Gasteiger partial charge is 0.227 e. The number of amides is 2. The molecule has 0 bridgehead atoms. The zero-order valence-corrected chi connectivity index (χ0v) is 16.2. The molecule has 1 aliphatic heterocycles. The predicted octanol–water partition coefficient (Wildman–Crippen LogP) is 2.98. The summed E-state index contributed by atoms with van der Waals surface area (Å²) in [6, 6.07) is 16.1. The van der Waals surface area contributed by atoms with Crippen molar-refractivity contribution >= 4 is 23.2 Å². The molecule has 1 unspecified atom stereocenters. The molecule has 0 spiro atoms. The molecule has 2 amide bonds. The summed E-state index contributed by atoms with van der Waals surface area (Å²) in [5.41, 5.74) is 4.27. The molecule has 0 radical (unpaired) electrons. The van der Waals surface area contributed by atoms with E-state index in [1.807, 2.05) is 67.5 Å². The van der Waals surface area contributed by atoms with Gasteiger partial charge in [-0.25, -0.2) is 0 Å². The molecule has 142 valence electrons. The normalized spacial score (nSPS) is 16.5. The predicted molar refractivity (Wildman–Crippen MR) is 109 cm³/mol. The first-order valence-corrected chi connectivity index (χ1v) is 9.41. The fourth-order valence-electron chi connectivity index (χ4n) is 3.29. The van der Waals surface area contributed by atoms with Crippen LogP contribution in [0.25, 0.3) is 0 Å². The summed E-state index contributed by atoms with van der Waals surface area (Å²) < 4.78 is 0. The molecular weight excluding hydrogens is 338 g/mol. The van der Waals surface area contributed by atoms with Gasteiger partial charge >= 0.3 is 0 Å². The summed E-state index contributed by atoms with van der Waals surface area (Å²) in [6.45, 7) is 3.02. The Morgan fingerprint density at radius 3 is 2.30 bits per heavy atom. The minimum absolute atomic E-state index is 0.00901. The van der Waals surface area contributed by atoms with E-state index >= 15 is 0 Å². The summed E-state index contributed by atoms with van der Waals surface area (Å²) in [7, 11) is 3.99. The molecule has 3 rings (SSSR count). The van der Waals surface area contributed by atoms with Crippen molar-refractivity contribution in [3.63, 3.8) is 0 Å². The zero-order chi connectivity index (χ0) is 19.4. The van der Waals surface area contributed by atoms with Gasteiger partial charge in [0.2, 0.25) is 11.8 Å². The lowest BCUT2D eigenvalue weighted by Gasteiger charge is -2.17. The highest BCUT2D eigenvalue weighted by Crippen LogP contribution is 2.25. The number of carbonyl (C=O) groups is 2. The SMILES string of the molecule is CCc1ccc(N2CC(C(=O)NCc3ccc(N(C)C)cc3)CC2=O)cc1. The Morgan fingerprint density at radius 1 is 1.07 bits per heavy atom. The first kappa shape index (κ1) is 19.0. The molecule has 27 heavy (non-hydrogen) atoms. The number of hydrogen-bond donors (Lipinski definition) is 1. The lowest BCUT2D eigenvalue weighted by Crippen LogP contribution is -2.32. The Hall–Kier alpha value is -2.82. The molecule has 5 nitrogen and oxygen atoms in total. The maximum atomic E-state index is 12.5. The summed E-state index contributed by atoms with van der Waals surface area (Å²) in [4.78, 5) is 28.6. The Morgan fingerprint density at radius 2 is 1.70 bits per heavy atom. The molecule has 1 atom stereocenters. The maximum Gasteiger partial charge on any atom is 0.227 e. The molecule has 1 fully saturated rings. The lowest BCUT2D eigenvalue weighted by atomic mass is 10.1. The highest BCUT2D eigenvalue weighted by atomic mass is 16.2. The van der Waals surface area contributed by atoms with Gasteiger partial charge in [0.05, 0.1) is 5.92 Å². The second kappa shape index (κ2) is 8.25. The monoisotopic (exact) mass is 365 g/mol. The van der Waals surface area contributed by atoms with Crippen LogP contribution in [-0.4, -0.2) is 32.5 Å². The fourth-order valence-corrected chi connectivity index (χ4v) is 3.29. The second-order valence-electron chi connectivity index (χ2n) is 7.20. The number of hydrogen-bond acceptors (Lipinski definition) is 3. The van der Waals surface area contributed by atoms with Crippen LogP contribution in [0, 0.1) is 5.92 Å².